The minimum Gasteiger partial charge on any atom is -0.512 e. The van der Waals surface area contributed by atoms with Gasteiger partial charge in [0.1, 0.15) is 11.4 Å². The molecule has 2 fully saturated rings. The van der Waals surface area contributed by atoms with Crippen LogP contribution in [0.5, 0.6) is 0 Å². The van der Waals surface area contributed by atoms with E-state index in [1.165, 1.54) is 63.9 Å². The van der Waals surface area contributed by atoms with Crippen LogP contribution >= 0.6 is 0 Å². The van der Waals surface area contributed by atoms with E-state index in [2.05, 4.69) is 0 Å². The molecule has 2 aliphatic carbocycles. The summed E-state index contributed by atoms with van der Waals surface area (Å²) in [6, 6.07) is 0. The minimum absolute atomic E-state index is 0.223. The van der Waals surface area contributed by atoms with Crippen LogP contribution in [-0.4, -0.2) is 16.7 Å². The lowest BCUT2D eigenvalue weighted by molar-refractivity contribution is -0.165. The van der Waals surface area contributed by atoms with E-state index in [1.807, 2.05) is 0 Å². The summed E-state index contributed by atoms with van der Waals surface area (Å²) in [7, 11) is 0. The number of carbonyl (C=O) groups excluding carboxylic acids is 1. The number of carbonyl (C=O) groups is 1. The molecule has 1 heterocycles. The fraction of sp³-hybridized carbons (Fsp3) is 0.850. The van der Waals surface area contributed by atoms with Gasteiger partial charge in [-0.15, -0.1) is 0 Å². The highest BCUT2D eigenvalue weighted by Gasteiger charge is 2.45. The van der Waals surface area contributed by atoms with Crippen molar-refractivity contribution < 1.29 is 14.6 Å². The number of hydrogen-bond acceptors (Lipinski definition) is 3. The fourth-order valence-corrected chi connectivity index (χ4v) is 5.12. The Kier molecular flexibility index (Phi) is 5.66. The van der Waals surface area contributed by atoms with Crippen molar-refractivity contribution in [2.45, 2.75) is 95.5 Å². The lowest BCUT2D eigenvalue weighted by Gasteiger charge is -2.40. The molecule has 23 heavy (non-hydrogen) atoms. The zero-order valence-corrected chi connectivity index (χ0v) is 14.4. The van der Waals surface area contributed by atoms with Crippen LogP contribution in [0, 0.1) is 11.8 Å². The van der Waals surface area contributed by atoms with Crippen LogP contribution in [0.4, 0.5) is 0 Å². The molecule has 130 valence electrons. The molecule has 3 heteroatoms. The third-order valence-electron chi connectivity index (χ3n) is 6.35. The molecule has 0 aromatic rings. The van der Waals surface area contributed by atoms with Gasteiger partial charge in [0.05, 0.1) is 6.08 Å². The van der Waals surface area contributed by atoms with E-state index >= 15 is 0 Å². The summed E-state index contributed by atoms with van der Waals surface area (Å²) < 4.78 is 5.85. The normalized spacial score (nSPS) is 30.3. The molecule has 0 saturated heterocycles. The first-order valence-corrected chi connectivity index (χ1v) is 9.80. The number of esters is 1. The van der Waals surface area contributed by atoms with Crippen molar-refractivity contribution in [2.75, 3.05) is 0 Å². The van der Waals surface area contributed by atoms with Gasteiger partial charge in [-0.25, -0.2) is 4.79 Å². The van der Waals surface area contributed by atoms with Crippen molar-refractivity contribution in [1.29, 1.82) is 0 Å². The second-order valence-electron chi connectivity index (χ2n) is 8.03. The molecular weight excluding hydrogens is 288 g/mol. The second kappa shape index (κ2) is 7.72. The Morgan fingerprint density at radius 1 is 1.04 bits per heavy atom. The smallest absolute Gasteiger partial charge is 0.334 e. The van der Waals surface area contributed by atoms with Crippen molar-refractivity contribution in [3.63, 3.8) is 0 Å². The molecule has 1 atom stereocenters. The van der Waals surface area contributed by atoms with Crippen LogP contribution < -0.4 is 0 Å². The number of aliphatic hydroxyl groups excluding tert-OH is 1. The van der Waals surface area contributed by atoms with Crippen molar-refractivity contribution in [3.05, 3.63) is 11.8 Å². The van der Waals surface area contributed by atoms with E-state index < -0.39 is 5.60 Å². The zero-order valence-electron chi connectivity index (χ0n) is 14.4. The van der Waals surface area contributed by atoms with E-state index in [0.29, 0.717) is 12.3 Å². The number of cyclic esters (lactones) is 1. The predicted molar refractivity (Wildman–Crippen MR) is 91.2 cm³/mol. The molecule has 0 spiro atoms. The summed E-state index contributed by atoms with van der Waals surface area (Å²) in [6.07, 6.45) is 18.2. The van der Waals surface area contributed by atoms with Gasteiger partial charge in [0.25, 0.3) is 0 Å². The molecule has 1 N–H and O–H groups in total. The maximum absolute atomic E-state index is 11.9. The summed E-state index contributed by atoms with van der Waals surface area (Å²) >= 11 is 0. The topological polar surface area (TPSA) is 46.5 Å². The Labute approximate surface area is 140 Å². The molecule has 1 unspecified atom stereocenters. The quantitative estimate of drug-likeness (QED) is 0.523. The maximum atomic E-state index is 11.9. The first-order valence-electron chi connectivity index (χ1n) is 9.80. The maximum Gasteiger partial charge on any atom is 0.334 e. The Morgan fingerprint density at radius 3 is 2.43 bits per heavy atom. The average Bonchev–Trinajstić information content (AvgIpc) is 3.07. The first-order chi connectivity index (χ1) is 11.2. The third kappa shape index (κ3) is 4.30. The largest absolute Gasteiger partial charge is 0.512 e. The third-order valence-corrected chi connectivity index (χ3v) is 6.35. The van der Waals surface area contributed by atoms with Crippen LogP contribution in [-0.2, 0) is 9.53 Å². The van der Waals surface area contributed by atoms with Crippen LogP contribution in [0.1, 0.15) is 89.9 Å². The van der Waals surface area contributed by atoms with E-state index in [0.717, 1.165) is 31.6 Å². The molecule has 0 bridgehead atoms. The standard InChI is InChI=1S/C20H32O3/c21-18-14-19(22)23-20(15-18,17-11-4-5-12-17)13-7-6-10-16-8-2-1-3-9-16/h14,16-17,21H,1-13,15H2. The van der Waals surface area contributed by atoms with Gasteiger partial charge >= 0.3 is 5.97 Å². The molecule has 2 saturated carbocycles. The molecule has 0 aromatic heterocycles. The van der Waals surface area contributed by atoms with Gasteiger partial charge in [-0.2, -0.15) is 0 Å². The summed E-state index contributed by atoms with van der Waals surface area (Å²) in [5.41, 5.74) is -0.418. The predicted octanol–water partition coefficient (Wildman–Crippen LogP) is 5.44. The van der Waals surface area contributed by atoms with Crippen molar-refractivity contribution in [2.24, 2.45) is 11.8 Å². The summed E-state index contributed by atoms with van der Waals surface area (Å²) in [6.45, 7) is 0. The second-order valence-corrected chi connectivity index (χ2v) is 8.03. The lowest BCUT2D eigenvalue weighted by atomic mass is 9.77. The average molecular weight is 320 g/mol. The van der Waals surface area contributed by atoms with Crippen molar-refractivity contribution in [3.8, 4) is 0 Å². The lowest BCUT2D eigenvalue weighted by Crippen LogP contribution is -2.44. The fourth-order valence-electron chi connectivity index (χ4n) is 5.12. The molecule has 1 aliphatic heterocycles. The van der Waals surface area contributed by atoms with Crippen molar-refractivity contribution >= 4 is 5.97 Å². The number of hydrogen-bond donors (Lipinski definition) is 1. The van der Waals surface area contributed by atoms with Gasteiger partial charge < -0.3 is 9.84 Å². The Balaban J connectivity index is 1.54. The van der Waals surface area contributed by atoms with Gasteiger partial charge in [-0.05, 0) is 37.5 Å². The minimum atomic E-state index is -0.418. The molecule has 3 aliphatic rings. The number of ether oxygens (including phenoxy) is 1. The van der Waals surface area contributed by atoms with Crippen LogP contribution in [0.15, 0.2) is 11.8 Å². The molecule has 3 nitrogen and oxygen atoms in total. The number of unbranched alkanes of at least 4 members (excludes halogenated alkanes) is 1. The van der Waals surface area contributed by atoms with E-state index in [4.69, 9.17) is 4.74 Å². The summed E-state index contributed by atoms with van der Waals surface area (Å²) in [5.74, 6) is 1.25. The van der Waals surface area contributed by atoms with Gasteiger partial charge in [-0.1, -0.05) is 57.8 Å². The zero-order chi connectivity index (χ0) is 16.1. The monoisotopic (exact) mass is 320 g/mol. The Hall–Kier alpha value is -0.990. The summed E-state index contributed by atoms with van der Waals surface area (Å²) in [4.78, 5) is 11.9. The highest BCUT2D eigenvalue weighted by atomic mass is 16.6. The number of aliphatic hydroxyl groups is 1. The van der Waals surface area contributed by atoms with Crippen LogP contribution in [0.2, 0.25) is 0 Å². The molecule has 0 amide bonds. The first kappa shape index (κ1) is 16.9. The Morgan fingerprint density at radius 2 is 1.74 bits per heavy atom. The van der Waals surface area contributed by atoms with Gasteiger partial charge in [-0.3, -0.25) is 0 Å². The van der Waals surface area contributed by atoms with Gasteiger partial charge in [0.15, 0.2) is 0 Å². The Bertz CT molecular complexity index is 430. The highest BCUT2D eigenvalue weighted by molar-refractivity contribution is 5.83. The SMILES string of the molecule is O=C1C=C(O)CC(CCCCC2CCCCC2)(C2CCCC2)O1. The summed E-state index contributed by atoms with van der Waals surface area (Å²) in [5, 5.41) is 10.00. The molecular formula is C20H32O3. The van der Waals surface area contributed by atoms with Crippen LogP contribution in [0.3, 0.4) is 0 Å². The molecule has 0 radical (unpaired) electrons. The molecule has 0 aromatic carbocycles. The van der Waals surface area contributed by atoms with E-state index in [-0.39, 0.29) is 11.7 Å². The van der Waals surface area contributed by atoms with E-state index in [1.54, 1.807) is 0 Å². The van der Waals surface area contributed by atoms with Crippen LogP contribution in [0.25, 0.3) is 0 Å². The van der Waals surface area contributed by atoms with E-state index in [9.17, 15) is 9.90 Å². The van der Waals surface area contributed by atoms with Gasteiger partial charge in [0, 0.05) is 6.42 Å². The number of rotatable bonds is 6. The molecule has 3 rings (SSSR count). The highest BCUT2D eigenvalue weighted by Crippen LogP contribution is 2.45. The van der Waals surface area contributed by atoms with Crippen molar-refractivity contribution in [1.82, 2.24) is 0 Å². The van der Waals surface area contributed by atoms with Gasteiger partial charge in [0.2, 0.25) is 0 Å².